The van der Waals surface area contributed by atoms with Gasteiger partial charge in [-0.05, 0) is 86.1 Å². The smallest absolute Gasteiger partial charge is 0.416 e. The molecule has 3 amide bonds. The molecule has 2 aliphatic rings. The Kier molecular flexibility index (Phi) is 8.34. The molecule has 7 nitrogen and oxygen atoms in total. The van der Waals surface area contributed by atoms with Gasteiger partial charge in [-0.15, -0.1) is 11.3 Å². The van der Waals surface area contributed by atoms with Gasteiger partial charge in [-0.2, -0.15) is 26.3 Å². The Labute approximate surface area is 247 Å². The molecule has 0 saturated carbocycles. The molecule has 230 valence electrons. The Balaban J connectivity index is 1.63. The number of amides is 3. The van der Waals surface area contributed by atoms with E-state index >= 15 is 0 Å². The quantitative estimate of drug-likeness (QED) is 0.290. The van der Waals surface area contributed by atoms with Crippen LogP contribution >= 0.6 is 11.3 Å². The summed E-state index contributed by atoms with van der Waals surface area (Å²) in [6, 6.07) is 3.00. The maximum absolute atomic E-state index is 13.8. The fourth-order valence-electron chi connectivity index (χ4n) is 5.74. The van der Waals surface area contributed by atoms with Crippen molar-refractivity contribution >= 4 is 34.3 Å². The lowest BCUT2D eigenvalue weighted by molar-refractivity contribution is -0.143. The molecule has 3 aromatic rings. The number of rotatable bonds is 5. The summed E-state index contributed by atoms with van der Waals surface area (Å²) < 4.78 is 87.4. The molecule has 2 heterocycles. The van der Waals surface area contributed by atoms with Gasteiger partial charge in [-0.3, -0.25) is 10.2 Å². The molecule has 1 N–H and O–H groups in total. The number of hydrogen-bond donors (Lipinski definition) is 1. The Bertz CT molecular complexity index is 1480. The minimum Gasteiger partial charge on any atom is -0.449 e. The minimum atomic E-state index is -5.05. The average molecular weight is 627 g/mol. The highest BCUT2D eigenvalue weighted by molar-refractivity contribution is 7.13. The molecule has 5 rings (SSSR count). The number of urea groups is 1. The van der Waals surface area contributed by atoms with E-state index < -0.39 is 54.2 Å². The van der Waals surface area contributed by atoms with Crippen molar-refractivity contribution in [3.8, 4) is 0 Å². The van der Waals surface area contributed by atoms with Crippen molar-refractivity contribution in [3.05, 3.63) is 75.3 Å². The lowest BCUT2D eigenvalue weighted by Crippen LogP contribution is -2.48. The summed E-state index contributed by atoms with van der Waals surface area (Å²) >= 11 is 1.11. The van der Waals surface area contributed by atoms with Crippen molar-refractivity contribution in [1.82, 2.24) is 9.88 Å². The number of nitrogens with one attached hydrogen (secondary N) is 1. The summed E-state index contributed by atoms with van der Waals surface area (Å²) in [4.78, 5) is 33.6. The van der Waals surface area contributed by atoms with Gasteiger partial charge in [0, 0.05) is 24.2 Å². The summed E-state index contributed by atoms with van der Waals surface area (Å²) in [6.45, 7) is 2.99. The van der Waals surface area contributed by atoms with Crippen LogP contribution in [0.4, 0.5) is 46.8 Å². The Hall–Kier alpha value is -3.81. The number of benzene rings is 2. The second-order valence-corrected chi connectivity index (χ2v) is 11.4. The molecular weight excluding hydrogens is 598 g/mol. The molecule has 0 unspecified atom stereocenters. The van der Waals surface area contributed by atoms with Crippen molar-refractivity contribution < 1.29 is 40.7 Å². The van der Waals surface area contributed by atoms with Crippen molar-refractivity contribution in [2.75, 3.05) is 16.8 Å². The summed E-state index contributed by atoms with van der Waals surface area (Å²) in [5.41, 5.74) is -0.186. The van der Waals surface area contributed by atoms with Crippen LogP contribution < -0.4 is 10.2 Å². The number of hydrogen-bond acceptors (Lipinski definition) is 5. The fourth-order valence-corrected chi connectivity index (χ4v) is 6.26. The summed E-state index contributed by atoms with van der Waals surface area (Å²) in [6.07, 6.45) is -6.63. The van der Waals surface area contributed by atoms with E-state index in [1.54, 1.807) is 19.2 Å². The number of thiazole rings is 1. The van der Waals surface area contributed by atoms with Crippen LogP contribution in [0.3, 0.4) is 0 Å². The number of aromatic nitrogens is 1. The van der Waals surface area contributed by atoms with Gasteiger partial charge >= 0.3 is 24.5 Å². The number of fused-ring (bicyclic) bond motifs is 2. The molecule has 0 spiro atoms. The first kappa shape index (κ1) is 30.6. The van der Waals surface area contributed by atoms with Gasteiger partial charge in [0.1, 0.15) is 0 Å². The monoisotopic (exact) mass is 626 g/mol. The van der Waals surface area contributed by atoms with E-state index in [0.29, 0.717) is 23.4 Å². The maximum Gasteiger partial charge on any atom is 0.416 e. The first-order valence-corrected chi connectivity index (χ1v) is 14.5. The maximum atomic E-state index is 13.8. The number of alkyl halides is 6. The van der Waals surface area contributed by atoms with Crippen LogP contribution in [0.25, 0.3) is 0 Å². The lowest BCUT2D eigenvalue weighted by Gasteiger charge is -2.43. The highest BCUT2D eigenvalue weighted by Crippen LogP contribution is 2.45. The molecule has 2 aromatic carbocycles. The summed E-state index contributed by atoms with van der Waals surface area (Å²) in [7, 11) is 0. The Morgan fingerprint density at radius 1 is 1.05 bits per heavy atom. The number of ether oxygens (including phenoxy) is 1. The highest BCUT2D eigenvalue weighted by Gasteiger charge is 2.41. The van der Waals surface area contributed by atoms with E-state index in [1.807, 2.05) is 12.1 Å². The van der Waals surface area contributed by atoms with Crippen LogP contribution in [0.15, 0.2) is 41.9 Å². The Morgan fingerprint density at radius 2 is 1.70 bits per heavy atom. The fraction of sp³-hybridized carbons (Fsp3) is 0.414. The third-order valence-corrected chi connectivity index (χ3v) is 8.30. The van der Waals surface area contributed by atoms with Gasteiger partial charge in [-0.25, -0.2) is 14.6 Å². The van der Waals surface area contributed by atoms with E-state index in [0.717, 1.165) is 41.7 Å². The van der Waals surface area contributed by atoms with E-state index in [9.17, 15) is 35.9 Å². The van der Waals surface area contributed by atoms with Crippen molar-refractivity contribution in [2.45, 2.75) is 70.5 Å². The van der Waals surface area contributed by atoms with Gasteiger partial charge in [0.25, 0.3) is 0 Å². The SMILES string of the molecule is CCOC(=O)N1c2cc3c(cc2[C@H](N(Cc2cc(C(F)(F)F)cc(C(F)(F)F)c2)C(=O)Nc2nccs2)C[C@@H]1C)CCC3. The molecule has 14 heteroatoms. The minimum absolute atomic E-state index is 0.0575. The van der Waals surface area contributed by atoms with Crippen LogP contribution in [0.2, 0.25) is 0 Å². The molecular formula is C29H28F6N4O3S. The molecule has 0 fully saturated rings. The number of nitrogens with zero attached hydrogens (tertiary/aromatic N) is 3. The zero-order valence-corrected chi connectivity index (χ0v) is 24.0. The van der Waals surface area contributed by atoms with Crippen molar-refractivity contribution in [2.24, 2.45) is 0 Å². The van der Waals surface area contributed by atoms with Crippen LogP contribution in [0.5, 0.6) is 0 Å². The largest absolute Gasteiger partial charge is 0.449 e. The lowest BCUT2D eigenvalue weighted by atomic mass is 9.88. The molecule has 1 aliphatic carbocycles. The number of carbonyl (C=O) groups excluding carboxylic acids is 2. The average Bonchev–Trinajstić information content (AvgIpc) is 3.61. The molecule has 0 radical (unpaired) electrons. The standard InChI is InChI=1S/C29H28F6N4O3S/c1-3-42-27(41)39-16(2)9-23(22-12-18-5-4-6-19(18)13-24(22)39)38(26(40)37-25-36-7-8-43-25)15-17-10-20(28(30,31)32)14-21(11-17)29(33,34)35/h7-8,10-14,16,23H,3-6,9,15H2,1-2H3,(H,36,37,40)/t16-,23+/m0/s1. The Morgan fingerprint density at radius 3 is 2.28 bits per heavy atom. The first-order chi connectivity index (χ1) is 20.3. The van der Waals surface area contributed by atoms with Gasteiger partial charge in [-0.1, -0.05) is 6.07 Å². The summed E-state index contributed by atoms with van der Waals surface area (Å²) in [5.74, 6) is 0. The summed E-state index contributed by atoms with van der Waals surface area (Å²) in [5, 5.41) is 4.45. The van der Waals surface area contributed by atoms with Crippen molar-refractivity contribution in [3.63, 3.8) is 0 Å². The number of halogens is 6. The number of anilines is 2. The molecule has 1 aliphatic heterocycles. The first-order valence-electron chi connectivity index (χ1n) is 13.6. The zero-order valence-electron chi connectivity index (χ0n) is 23.2. The highest BCUT2D eigenvalue weighted by atomic mass is 32.1. The van der Waals surface area contributed by atoms with Gasteiger partial charge in [0.15, 0.2) is 5.13 Å². The topological polar surface area (TPSA) is 74.8 Å². The molecule has 0 saturated heterocycles. The van der Waals surface area contributed by atoms with E-state index in [1.165, 1.54) is 16.0 Å². The zero-order chi connectivity index (χ0) is 31.1. The second kappa shape index (κ2) is 11.7. The van der Waals surface area contributed by atoms with Gasteiger partial charge in [0.05, 0.1) is 29.5 Å². The van der Waals surface area contributed by atoms with E-state index in [-0.39, 0.29) is 29.8 Å². The van der Waals surface area contributed by atoms with Gasteiger partial charge < -0.3 is 9.64 Å². The number of aryl methyl sites for hydroxylation is 2. The normalized spacial score (nSPS) is 18.2. The van der Waals surface area contributed by atoms with Crippen LogP contribution in [0.1, 0.15) is 66.1 Å². The van der Waals surface area contributed by atoms with Crippen LogP contribution in [-0.2, 0) is 36.5 Å². The third-order valence-electron chi connectivity index (χ3n) is 7.61. The number of carbonyl (C=O) groups is 2. The van der Waals surface area contributed by atoms with Crippen LogP contribution in [0, 0.1) is 0 Å². The molecule has 0 bridgehead atoms. The molecule has 43 heavy (non-hydrogen) atoms. The second-order valence-electron chi connectivity index (χ2n) is 10.5. The van der Waals surface area contributed by atoms with Crippen molar-refractivity contribution in [1.29, 1.82) is 0 Å². The van der Waals surface area contributed by atoms with E-state index in [4.69, 9.17) is 4.74 Å². The predicted molar refractivity (Wildman–Crippen MR) is 148 cm³/mol. The van der Waals surface area contributed by atoms with E-state index in [2.05, 4.69) is 10.3 Å². The molecule has 1 aromatic heterocycles. The third kappa shape index (κ3) is 6.43. The van der Waals surface area contributed by atoms with Gasteiger partial charge in [0.2, 0.25) is 0 Å². The molecule has 2 atom stereocenters. The van der Waals surface area contributed by atoms with Crippen LogP contribution in [-0.4, -0.2) is 34.7 Å². The predicted octanol–water partition coefficient (Wildman–Crippen LogP) is 8.20.